The summed E-state index contributed by atoms with van der Waals surface area (Å²) in [5.74, 6) is 0. The van der Waals surface area contributed by atoms with E-state index in [-0.39, 0.29) is 5.02 Å². The Labute approximate surface area is 119 Å². The summed E-state index contributed by atoms with van der Waals surface area (Å²) in [7, 11) is 1.68. The van der Waals surface area contributed by atoms with E-state index in [0.29, 0.717) is 30.3 Å². The van der Waals surface area contributed by atoms with Crippen LogP contribution in [-0.4, -0.2) is 28.5 Å². The predicted molar refractivity (Wildman–Crippen MR) is 71.3 cm³/mol. The number of aromatic nitrogens is 2. The van der Waals surface area contributed by atoms with Gasteiger partial charge in [-0.05, 0) is 25.6 Å². The molecule has 0 spiro atoms. The van der Waals surface area contributed by atoms with Crippen molar-refractivity contribution in [3.63, 3.8) is 0 Å². The Kier molecular flexibility index (Phi) is 5.42. The van der Waals surface area contributed by atoms with Crippen LogP contribution in [0, 0.1) is 6.92 Å². The molecule has 2 N–H and O–H groups in total. The molecule has 4 nitrogen and oxygen atoms in total. The molecule has 0 saturated carbocycles. The van der Waals surface area contributed by atoms with Crippen LogP contribution in [0.4, 0.5) is 13.2 Å². The molecule has 0 fully saturated rings. The number of rotatable bonds is 4. The van der Waals surface area contributed by atoms with Crippen molar-refractivity contribution in [1.82, 2.24) is 20.4 Å². The van der Waals surface area contributed by atoms with Crippen LogP contribution in [-0.2, 0) is 12.7 Å². The molecule has 1 heterocycles. The SMILES string of the molecule is CNC(=S)NCCCn1nc(C(F)(F)F)c(Cl)c1C. The number of alkyl halides is 3. The Balaban J connectivity index is 2.63. The number of halogens is 4. The molecule has 0 aliphatic heterocycles. The summed E-state index contributed by atoms with van der Waals surface area (Å²) in [5, 5.41) is 9.29. The second-order valence-corrected chi connectivity index (χ2v) is 4.61. The highest BCUT2D eigenvalue weighted by molar-refractivity contribution is 7.80. The zero-order valence-corrected chi connectivity index (χ0v) is 12.0. The van der Waals surface area contributed by atoms with Crippen LogP contribution < -0.4 is 10.6 Å². The van der Waals surface area contributed by atoms with Crippen LogP contribution in [0.5, 0.6) is 0 Å². The van der Waals surface area contributed by atoms with Gasteiger partial charge in [0.1, 0.15) is 0 Å². The molecule has 0 aliphatic rings. The zero-order chi connectivity index (χ0) is 14.6. The minimum Gasteiger partial charge on any atom is -0.366 e. The fourth-order valence-electron chi connectivity index (χ4n) is 1.44. The van der Waals surface area contributed by atoms with Crippen molar-refractivity contribution in [2.45, 2.75) is 26.1 Å². The summed E-state index contributed by atoms with van der Waals surface area (Å²) >= 11 is 10.5. The van der Waals surface area contributed by atoms with E-state index in [1.54, 1.807) is 7.05 Å². The lowest BCUT2D eigenvalue weighted by molar-refractivity contribution is -0.141. The lowest BCUT2D eigenvalue weighted by Crippen LogP contribution is -2.33. The van der Waals surface area contributed by atoms with Crippen LogP contribution in [0.2, 0.25) is 5.02 Å². The number of thiocarbonyl (C=S) groups is 1. The number of hydrogen-bond donors (Lipinski definition) is 2. The highest BCUT2D eigenvalue weighted by atomic mass is 35.5. The molecular formula is C10H14ClF3N4S. The van der Waals surface area contributed by atoms with E-state index < -0.39 is 11.9 Å². The van der Waals surface area contributed by atoms with Gasteiger partial charge in [-0.3, -0.25) is 4.68 Å². The molecule has 0 bridgehead atoms. The lowest BCUT2D eigenvalue weighted by atomic mass is 10.3. The van der Waals surface area contributed by atoms with E-state index in [9.17, 15) is 13.2 Å². The van der Waals surface area contributed by atoms with Gasteiger partial charge in [0.15, 0.2) is 10.8 Å². The minimum absolute atomic E-state index is 0.310. The molecule has 108 valence electrons. The van der Waals surface area contributed by atoms with E-state index in [1.807, 2.05) is 0 Å². The summed E-state index contributed by atoms with van der Waals surface area (Å²) in [6, 6.07) is 0. The lowest BCUT2D eigenvalue weighted by Gasteiger charge is -2.07. The van der Waals surface area contributed by atoms with E-state index >= 15 is 0 Å². The molecule has 0 saturated heterocycles. The van der Waals surface area contributed by atoms with Gasteiger partial charge < -0.3 is 10.6 Å². The smallest absolute Gasteiger partial charge is 0.366 e. The van der Waals surface area contributed by atoms with Crippen LogP contribution in [0.15, 0.2) is 0 Å². The Morgan fingerprint density at radius 3 is 2.58 bits per heavy atom. The van der Waals surface area contributed by atoms with Gasteiger partial charge in [-0.2, -0.15) is 18.3 Å². The third kappa shape index (κ3) is 4.24. The number of nitrogens with zero attached hydrogens (tertiary/aromatic N) is 2. The van der Waals surface area contributed by atoms with Crippen LogP contribution in [0.1, 0.15) is 17.8 Å². The molecule has 0 radical (unpaired) electrons. The van der Waals surface area contributed by atoms with Crippen LogP contribution in [0.25, 0.3) is 0 Å². The maximum atomic E-state index is 12.6. The third-order valence-electron chi connectivity index (χ3n) is 2.46. The second-order valence-electron chi connectivity index (χ2n) is 3.83. The first-order valence-corrected chi connectivity index (χ1v) is 6.31. The monoisotopic (exact) mass is 314 g/mol. The quantitative estimate of drug-likeness (QED) is 0.661. The average Bonchev–Trinajstić information content (AvgIpc) is 2.61. The molecule has 0 unspecified atom stereocenters. The largest absolute Gasteiger partial charge is 0.436 e. The van der Waals surface area contributed by atoms with Gasteiger partial charge >= 0.3 is 6.18 Å². The fraction of sp³-hybridized carbons (Fsp3) is 0.600. The summed E-state index contributed by atoms with van der Waals surface area (Å²) in [4.78, 5) is 0. The van der Waals surface area contributed by atoms with Crippen molar-refractivity contribution >= 4 is 28.9 Å². The topological polar surface area (TPSA) is 41.9 Å². The molecule has 9 heteroatoms. The molecule has 0 aromatic carbocycles. The van der Waals surface area contributed by atoms with E-state index in [1.165, 1.54) is 11.6 Å². The summed E-state index contributed by atoms with van der Waals surface area (Å²) in [6.45, 7) is 2.38. The molecular weight excluding hydrogens is 301 g/mol. The molecule has 1 rings (SSSR count). The van der Waals surface area contributed by atoms with Gasteiger partial charge in [-0.15, -0.1) is 0 Å². The highest BCUT2D eigenvalue weighted by Crippen LogP contribution is 2.35. The normalized spacial score (nSPS) is 11.5. The molecule has 0 atom stereocenters. The Morgan fingerprint density at radius 1 is 1.47 bits per heavy atom. The van der Waals surface area contributed by atoms with E-state index in [0.717, 1.165) is 0 Å². The maximum absolute atomic E-state index is 12.6. The van der Waals surface area contributed by atoms with Gasteiger partial charge in [0.2, 0.25) is 0 Å². The first-order chi connectivity index (χ1) is 8.77. The first kappa shape index (κ1) is 16.0. The Bertz CT molecular complexity index is 458. The van der Waals surface area contributed by atoms with Crippen molar-refractivity contribution in [3.8, 4) is 0 Å². The number of hydrogen-bond acceptors (Lipinski definition) is 2. The van der Waals surface area contributed by atoms with E-state index in [4.69, 9.17) is 23.8 Å². The highest BCUT2D eigenvalue weighted by Gasteiger charge is 2.38. The van der Waals surface area contributed by atoms with E-state index in [2.05, 4.69) is 15.7 Å². The summed E-state index contributed by atoms with van der Waals surface area (Å²) in [6.07, 6.45) is -3.95. The number of aryl methyl sites for hydroxylation is 1. The molecule has 1 aromatic heterocycles. The van der Waals surface area contributed by atoms with Crippen LogP contribution >= 0.6 is 23.8 Å². The van der Waals surface area contributed by atoms with Gasteiger partial charge in [0.05, 0.1) is 10.7 Å². The van der Waals surface area contributed by atoms with Crippen molar-refractivity contribution in [2.24, 2.45) is 0 Å². The first-order valence-electron chi connectivity index (χ1n) is 5.53. The predicted octanol–water partition coefficient (Wildman–Crippen LogP) is 2.35. The van der Waals surface area contributed by atoms with Crippen molar-refractivity contribution < 1.29 is 13.2 Å². The van der Waals surface area contributed by atoms with Gasteiger partial charge in [0.25, 0.3) is 0 Å². The zero-order valence-electron chi connectivity index (χ0n) is 10.4. The Hall–Kier alpha value is -1.02. The summed E-state index contributed by atoms with van der Waals surface area (Å²) < 4.78 is 39.0. The number of nitrogens with one attached hydrogen (secondary N) is 2. The van der Waals surface area contributed by atoms with Crippen molar-refractivity contribution in [3.05, 3.63) is 16.4 Å². The van der Waals surface area contributed by atoms with Gasteiger partial charge in [0, 0.05) is 20.1 Å². The molecule has 19 heavy (non-hydrogen) atoms. The van der Waals surface area contributed by atoms with Crippen molar-refractivity contribution in [1.29, 1.82) is 0 Å². The second kappa shape index (κ2) is 6.42. The third-order valence-corrected chi connectivity index (χ3v) is 3.26. The molecule has 1 aromatic rings. The van der Waals surface area contributed by atoms with Gasteiger partial charge in [-0.1, -0.05) is 11.6 Å². The maximum Gasteiger partial charge on any atom is 0.436 e. The molecule has 0 aliphatic carbocycles. The van der Waals surface area contributed by atoms with Gasteiger partial charge in [-0.25, -0.2) is 0 Å². The summed E-state index contributed by atoms with van der Waals surface area (Å²) in [5.41, 5.74) is -0.726. The average molecular weight is 315 g/mol. The van der Waals surface area contributed by atoms with Crippen molar-refractivity contribution in [2.75, 3.05) is 13.6 Å². The standard InChI is InChI=1S/C10H14ClF3N4S/c1-6-7(11)8(10(12,13)14)17-18(6)5-3-4-16-9(19)15-2/h3-5H2,1-2H3,(H2,15,16,19). The van der Waals surface area contributed by atoms with Crippen LogP contribution in [0.3, 0.4) is 0 Å². The Morgan fingerprint density at radius 2 is 2.11 bits per heavy atom. The minimum atomic E-state index is -4.53. The molecule has 0 amide bonds. The fourth-order valence-corrected chi connectivity index (χ4v) is 1.79.